The number of likely N-dealkylation sites (N-methyl/N-ethyl adjacent to an activating group) is 1. The highest BCUT2D eigenvalue weighted by molar-refractivity contribution is 5.90. The molecule has 244 valence electrons. The second kappa shape index (κ2) is 12.2. The quantitative estimate of drug-likeness (QED) is 0.187. The molecule has 4 aliphatic rings. The molecule has 0 unspecified atom stereocenters. The Kier molecular flexibility index (Phi) is 8.79. The first-order valence-corrected chi connectivity index (χ1v) is 14.9. The van der Waals surface area contributed by atoms with E-state index in [4.69, 9.17) is 19.3 Å². The molecule has 1 spiro atoms. The van der Waals surface area contributed by atoms with Gasteiger partial charge < -0.3 is 44.9 Å². The monoisotopic (exact) mass is 630 g/mol. The molecule has 1 fully saturated rings. The van der Waals surface area contributed by atoms with Crippen LogP contribution < -0.4 is 10.1 Å². The van der Waals surface area contributed by atoms with Crippen molar-refractivity contribution in [3.63, 3.8) is 0 Å². The van der Waals surface area contributed by atoms with Crippen molar-refractivity contribution in [2.45, 2.75) is 100 Å². The van der Waals surface area contributed by atoms with Crippen LogP contribution in [0.3, 0.4) is 0 Å². The lowest BCUT2D eigenvalue weighted by molar-refractivity contribution is -0.176. The molecule has 2 heterocycles. The van der Waals surface area contributed by atoms with Gasteiger partial charge in [0.1, 0.15) is 23.7 Å². The van der Waals surface area contributed by atoms with Crippen molar-refractivity contribution in [3.05, 3.63) is 40.7 Å². The van der Waals surface area contributed by atoms with Crippen LogP contribution in [0.15, 0.2) is 24.0 Å². The van der Waals surface area contributed by atoms with Crippen LogP contribution in [-0.2, 0) is 51.9 Å². The maximum absolute atomic E-state index is 13.3. The molecule has 1 aromatic rings. The van der Waals surface area contributed by atoms with Crippen LogP contribution in [0.4, 0.5) is 0 Å². The SMILES string of the molecule is CC(=O)[C@@H](O)CC(=O)N[C@@H](CCC(=O)O)C(=O)O[C@@H](C)C(=O)OC1=CC[C@@]2(O)[C@H]3Cc4ccc(CO)c5c4[C@@]2(CCN3C)[C@H]1O5. The standard InChI is InChI=1S/C31H38N2O12/c1-15(35)20(36)13-23(37)32-19(6-7-24(38)39)29(41)43-16(2)28(40)44-21-8-9-31(42)22-12-17-4-5-18(14-34)26-25(17)30(31,27(21)45-26)10-11-33(22)3/h4-5,8,16,19-20,22,27,34,36,42H,6-7,9-14H2,1-3H3,(H,32,37)(H,38,39)/t16-,19-,20-,22+,27-,30-,31+/m0/s1. The number of likely N-dealkylation sites (tertiary alicyclic amines) is 1. The van der Waals surface area contributed by atoms with Crippen LogP contribution in [0.1, 0.15) is 62.6 Å². The largest absolute Gasteiger partial charge is 0.481 e. The third-order valence-electron chi connectivity index (χ3n) is 9.58. The van der Waals surface area contributed by atoms with Gasteiger partial charge in [-0.15, -0.1) is 0 Å². The van der Waals surface area contributed by atoms with E-state index in [-0.39, 0.29) is 31.2 Å². The molecule has 1 amide bonds. The fraction of sp³-hybridized carbons (Fsp3) is 0.581. The normalized spacial score (nSPS) is 28.0. The number of piperidine rings is 1. The Morgan fingerprint density at radius 2 is 1.93 bits per heavy atom. The summed E-state index contributed by atoms with van der Waals surface area (Å²) in [6, 6.07) is 2.03. The molecule has 1 aromatic carbocycles. The van der Waals surface area contributed by atoms with Gasteiger partial charge in [0, 0.05) is 30.0 Å². The lowest BCUT2D eigenvalue weighted by atomic mass is 9.50. The number of benzene rings is 1. The zero-order chi connectivity index (χ0) is 32.8. The van der Waals surface area contributed by atoms with Crippen molar-refractivity contribution in [2.75, 3.05) is 13.6 Å². The van der Waals surface area contributed by atoms with E-state index in [1.807, 2.05) is 13.1 Å². The Balaban J connectivity index is 1.34. The summed E-state index contributed by atoms with van der Waals surface area (Å²) < 4.78 is 17.5. The molecule has 45 heavy (non-hydrogen) atoms. The van der Waals surface area contributed by atoms with Crippen molar-refractivity contribution in [3.8, 4) is 5.75 Å². The fourth-order valence-electron chi connectivity index (χ4n) is 7.22. The Hall–Kier alpha value is -3.85. The van der Waals surface area contributed by atoms with Gasteiger partial charge in [0.05, 0.1) is 24.0 Å². The Morgan fingerprint density at radius 3 is 2.60 bits per heavy atom. The number of aliphatic hydroxyl groups is 3. The predicted molar refractivity (Wildman–Crippen MR) is 153 cm³/mol. The number of Topliss-reactive ketones (excluding diaryl/α,β-unsaturated/α-hetero) is 1. The van der Waals surface area contributed by atoms with E-state index in [0.717, 1.165) is 18.1 Å². The van der Waals surface area contributed by atoms with Crippen molar-refractivity contribution in [2.24, 2.45) is 0 Å². The second-order valence-electron chi connectivity index (χ2n) is 12.3. The zero-order valence-corrected chi connectivity index (χ0v) is 25.3. The van der Waals surface area contributed by atoms with Gasteiger partial charge in [-0.25, -0.2) is 9.59 Å². The Labute approximate surface area is 258 Å². The highest BCUT2D eigenvalue weighted by Gasteiger charge is 2.72. The first kappa shape index (κ1) is 32.5. The molecule has 14 heteroatoms. The number of rotatable bonds is 12. The molecule has 0 radical (unpaired) electrons. The number of nitrogens with zero attached hydrogens (tertiary/aromatic N) is 1. The van der Waals surface area contributed by atoms with Gasteiger partial charge in [0.25, 0.3) is 0 Å². The minimum Gasteiger partial charge on any atom is -0.481 e. The molecule has 0 aromatic heterocycles. The molecule has 14 nitrogen and oxygen atoms in total. The van der Waals surface area contributed by atoms with Crippen molar-refractivity contribution < 1.29 is 58.6 Å². The van der Waals surface area contributed by atoms with Crippen molar-refractivity contribution in [1.82, 2.24) is 10.2 Å². The van der Waals surface area contributed by atoms with Gasteiger partial charge in [-0.2, -0.15) is 0 Å². The number of hydrogen-bond donors (Lipinski definition) is 5. The summed E-state index contributed by atoms with van der Waals surface area (Å²) in [5, 5.41) is 43.4. The number of hydrogen-bond acceptors (Lipinski definition) is 12. The summed E-state index contributed by atoms with van der Waals surface area (Å²) in [5.41, 5.74) is 0.177. The van der Waals surface area contributed by atoms with E-state index in [2.05, 4.69) is 10.2 Å². The summed E-state index contributed by atoms with van der Waals surface area (Å²) >= 11 is 0. The van der Waals surface area contributed by atoms with Gasteiger partial charge in [0.15, 0.2) is 18.0 Å². The highest BCUT2D eigenvalue weighted by Crippen LogP contribution is 2.64. The second-order valence-corrected chi connectivity index (χ2v) is 12.3. The molecule has 1 saturated heterocycles. The summed E-state index contributed by atoms with van der Waals surface area (Å²) in [6.45, 7) is 2.71. The van der Waals surface area contributed by atoms with Crippen LogP contribution in [0.2, 0.25) is 0 Å². The molecule has 0 saturated carbocycles. The minimum absolute atomic E-state index is 0.137. The number of nitrogens with one attached hydrogen (secondary N) is 1. The number of ketones is 1. The number of aliphatic hydroxyl groups excluding tert-OH is 2. The highest BCUT2D eigenvalue weighted by atomic mass is 16.6. The Morgan fingerprint density at radius 1 is 1.20 bits per heavy atom. The maximum Gasteiger partial charge on any atom is 0.352 e. The van der Waals surface area contributed by atoms with Crippen molar-refractivity contribution >= 4 is 29.6 Å². The molecular formula is C31H38N2O12. The zero-order valence-electron chi connectivity index (χ0n) is 25.3. The average Bonchev–Trinajstić information content (AvgIpc) is 3.34. The van der Waals surface area contributed by atoms with E-state index in [9.17, 15) is 39.3 Å². The Bertz CT molecular complexity index is 1460. The molecule has 2 bridgehead atoms. The van der Waals surface area contributed by atoms with E-state index < -0.39 is 77.8 Å². The molecule has 5 rings (SSSR count). The molecule has 2 aliphatic heterocycles. The smallest absolute Gasteiger partial charge is 0.352 e. The lowest BCUT2D eigenvalue weighted by Gasteiger charge is -2.61. The van der Waals surface area contributed by atoms with Crippen molar-refractivity contribution in [1.29, 1.82) is 0 Å². The number of esters is 2. The molecule has 2 aliphatic carbocycles. The number of amides is 1. The third kappa shape index (κ3) is 5.49. The number of carbonyl (C=O) groups is 5. The first-order chi connectivity index (χ1) is 21.2. The van der Waals surface area contributed by atoms with Gasteiger partial charge in [0.2, 0.25) is 5.91 Å². The van der Waals surface area contributed by atoms with Gasteiger partial charge in [-0.1, -0.05) is 12.1 Å². The van der Waals surface area contributed by atoms with E-state index in [1.165, 1.54) is 6.92 Å². The first-order valence-electron chi connectivity index (χ1n) is 14.9. The summed E-state index contributed by atoms with van der Waals surface area (Å²) in [6.07, 6.45) is -2.67. The number of carboxylic acid groups (broad SMARTS) is 1. The van der Waals surface area contributed by atoms with Crippen LogP contribution in [0.5, 0.6) is 5.75 Å². The number of ether oxygens (including phenoxy) is 3. The predicted octanol–water partition coefficient (Wildman–Crippen LogP) is -0.379. The van der Waals surface area contributed by atoms with E-state index >= 15 is 0 Å². The number of carbonyl (C=O) groups excluding carboxylic acids is 4. The van der Waals surface area contributed by atoms with Crippen LogP contribution in [0.25, 0.3) is 0 Å². The van der Waals surface area contributed by atoms with E-state index in [0.29, 0.717) is 30.7 Å². The van der Waals surface area contributed by atoms with Crippen LogP contribution in [0, 0.1) is 0 Å². The van der Waals surface area contributed by atoms with Crippen LogP contribution in [-0.4, -0.2) is 105 Å². The number of aliphatic carboxylic acids is 1. The fourth-order valence-corrected chi connectivity index (χ4v) is 7.22. The van der Waals surface area contributed by atoms with E-state index in [1.54, 1.807) is 12.1 Å². The average molecular weight is 631 g/mol. The lowest BCUT2D eigenvalue weighted by Crippen LogP contribution is -2.74. The van der Waals surface area contributed by atoms with Gasteiger partial charge in [-0.3, -0.25) is 14.4 Å². The third-order valence-corrected chi connectivity index (χ3v) is 9.58. The molecular weight excluding hydrogens is 592 g/mol. The maximum atomic E-state index is 13.3. The van der Waals surface area contributed by atoms with Gasteiger partial charge >= 0.3 is 17.9 Å². The molecule has 7 atom stereocenters. The summed E-state index contributed by atoms with van der Waals surface area (Å²) in [5.74, 6) is -4.26. The number of carboxylic acids is 1. The topological polar surface area (TPSA) is 209 Å². The summed E-state index contributed by atoms with van der Waals surface area (Å²) in [7, 11) is 1.96. The van der Waals surface area contributed by atoms with Crippen LogP contribution >= 0.6 is 0 Å². The summed E-state index contributed by atoms with van der Waals surface area (Å²) in [4.78, 5) is 63.1. The molecule has 5 N–H and O–H groups in total. The van der Waals surface area contributed by atoms with Gasteiger partial charge in [-0.05, 0) is 58.3 Å². The minimum atomic E-state index is -1.60.